The minimum atomic E-state index is 0.272. The Hall–Kier alpha value is -2.47. The zero-order chi connectivity index (χ0) is 15.9. The van der Waals surface area contributed by atoms with E-state index in [1.54, 1.807) is 6.33 Å². The molecule has 24 heavy (non-hydrogen) atoms. The Morgan fingerprint density at radius 2 is 2.12 bits per heavy atom. The highest BCUT2D eigenvalue weighted by Crippen LogP contribution is 2.35. The van der Waals surface area contributed by atoms with Crippen LogP contribution >= 0.6 is 0 Å². The van der Waals surface area contributed by atoms with Crippen LogP contribution in [0.1, 0.15) is 18.4 Å². The van der Waals surface area contributed by atoms with Gasteiger partial charge in [-0.1, -0.05) is 18.2 Å². The molecular formula is C18H19N5O. The van der Waals surface area contributed by atoms with E-state index in [1.807, 2.05) is 6.33 Å². The monoisotopic (exact) mass is 321 g/mol. The number of fused-ring (bicyclic) bond motifs is 2. The summed E-state index contributed by atoms with van der Waals surface area (Å²) in [7, 11) is 0. The highest BCUT2D eigenvalue weighted by Gasteiger charge is 2.25. The average molecular weight is 321 g/mol. The Labute approximate surface area is 140 Å². The van der Waals surface area contributed by atoms with Gasteiger partial charge in [0, 0.05) is 18.8 Å². The van der Waals surface area contributed by atoms with Gasteiger partial charge < -0.3 is 14.2 Å². The second-order valence-corrected chi connectivity index (χ2v) is 6.43. The minimum Gasteiger partial charge on any atom is -0.376 e. The molecule has 3 aromatic rings. The zero-order valence-electron chi connectivity index (χ0n) is 13.4. The molecule has 2 aromatic heterocycles. The fourth-order valence-corrected chi connectivity index (χ4v) is 3.77. The Kier molecular flexibility index (Phi) is 3.23. The van der Waals surface area contributed by atoms with Crippen molar-refractivity contribution in [3.63, 3.8) is 0 Å². The second-order valence-electron chi connectivity index (χ2n) is 6.43. The standard InChI is InChI=1S/C18H19N5O/c1-2-6-15-13(4-1)7-8-23(15)18-16-17(19-11-20-18)22(12-21-16)10-14-5-3-9-24-14/h1-2,4,6,11-12,14H,3,5,7-10H2. The maximum absolute atomic E-state index is 5.75. The van der Waals surface area contributed by atoms with Crippen LogP contribution in [-0.4, -0.2) is 38.8 Å². The summed E-state index contributed by atoms with van der Waals surface area (Å²) in [4.78, 5) is 15.9. The Morgan fingerprint density at radius 3 is 3.04 bits per heavy atom. The SMILES string of the molecule is c1ccc2c(c1)CCN2c1ncnc2c1ncn2CC1CCCO1. The van der Waals surface area contributed by atoms with E-state index in [1.165, 1.54) is 11.3 Å². The van der Waals surface area contributed by atoms with Crippen LogP contribution in [0.5, 0.6) is 0 Å². The van der Waals surface area contributed by atoms with E-state index in [-0.39, 0.29) is 6.10 Å². The summed E-state index contributed by atoms with van der Waals surface area (Å²) in [6, 6.07) is 8.50. The van der Waals surface area contributed by atoms with Gasteiger partial charge in [0.05, 0.1) is 19.0 Å². The molecule has 1 fully saturated rings. The molecule has 122 valence electrons. The van der Waals surface area contributed by atoms with Crippen molar-refractivity contribution in [2.75, 3.05) is 18.1 Å². The summed E-state index contributed by atoms with van der Waals surface area (Å²) in [5.74, 6) is 0.899. The normalized spacial score (nSPS) is 20.0. The van der Waals surface area contributed by atoms with Crippen molar-refractivity contribution in [1.29, 1.82) is 0 Å². The molecule has 0 saturated carbocycles. The van der Waals surface area contributed by atoms with Gasteiger partial charge in [-0.2, -0.15) is 0 Å². The van der Waals surface area contributed by atoms with Gasteiger partial charge in [-0.25, -0.2) is 15.0 Å². The van der Waals surface area contributed by atoms with Crippen LogP contribution in [0.15, 0.2) is 36.9 Å². The predicted molar refractivity (Wildman–Crippen MR) is 91.4 cm³/mol. The zero-order valence-corrected chi connectivity index (χ0v) is 13.4. The molecule has 6 nitrogen and oxygen atoms in total. The molecule has 0 bridgehead atoms. The van der Waals surface area contributed by atoms with Crippen molar-refractivity contribution in [2.24, 2.45) is 0 Å². The van der Waals surface area contributed by atoms with Gasteiger partial charge in [0.25, 0.3) is 0 Å². The fourth-order valence-electron chi connectivity index (χ4n) is 3.77. The van der Waals surface area contributed by atoms with Gasteiger partial charge in [-0.05, 0) is 30.9 Å². The molecule has 1 atom stereocenters. The third kappa shape index (κ3) is 2.17. The van der Waals surface area contributed by atoms with Gasteiger partial charge in [0.1, 0.15) is 6.33 Å². The summed E-state index contributed by atoms with van der Waals surface area (Å²) in [5, 5.41) is 0. The number of anilines is 2. The van der Waals surface area contributed by atoms with Crippen molar-refractivity contribution >= 4 is 22.7 Å². The van der Waals surface area contributed by atoms with E-state index in [0.29, 0.717) is 0 Å². The molecule has 0 spiro atoms. The van der Waals surface area contributed by atoms with Crippen molar-refractivity contribution in [1.82, 2.24) is 19.5 Å². The third-order valence-corrected chi connectivity index (χ3v) is 4.95. The van der Waals surface area contributed by atoms with Crippen molar-refractivity contribution in [2.45, 2.75) is 31.9 Å². The van der Waals surface area contributed by atoms with Gasteiger partial charge in [0.2, 0.25) is 0 Å². The molecule has 0 amide bonds. The van der Waals surface area contributed by atoms with E-state index in [4.69, 9.17) is 4.74 Å². The molecule has 1 saturated heterocycles. The number of hydrogen-bond acceptors (Lipinski definition) is 5. The maximum Gasteiger partial charge on any atom is 0.165 e. The number of imidazole rings is 1. The number of benzene rings is 1. The first-order chi connectivity index (χ1) is 11.9. The van der Waals surface area contributed by atoms with Crippen molar-refractivity contribution in [3.8, 4) is 0 Å². The number of aromatic nitrogens is 4. The van der Waals surface area contributed by atoms with Crippen LogP contribution in [-0.2, 0) is 17.7 Å². The number of para-hydroxylation sites is 1. The molecule has 4 heterocycles. The fraction of sp³-hybridized carbons (Fsp3) is 0.389. The summed E-state index contributed by atoms with van der Waals surface area (Å²) >= 11 is 0. The topological polar surface area (TPSA) is 56.1 Å². The predicted octanol–water partition coefficient (Wildman–Crippen LogP) is 2.70. The second kappa shape index (κ2) is 5.56. The first-order valence-electron chi connectivity index (χ1n) is 8.53. The van der Waals surface area contributed by atoms with Gasteiger partial charge in [-0.3, -0.25) is 0 Å². The van der Waals surface area contributed by atoms with Crippen molar-refractivity contribution in [3.05, 3.63) is 42.5 Å². The molecule has 0 radical (unpaired) electrons. The number of hydrogen-bond donors (Lipinski definition) is 0. The molecule has 2 aliphatic rings. The quantitative estimate of drug-likeness (QED) is 0.742. The first kappa shape index (κ1) is 13.9. The van der Waals surface area contributed by atoms with E-state index in [0.717, 1.165) is 55.9 Å². The molecule has 2 aliphatic heterocycles. The van der Waals surface area contributed by atoms with Crippen LogP contribution < -0.4 is 4.90 Å². The minimum absolute atomic E-state index is 0.272. The number of nitrogens with zero attached hydrogens (tertiary/aromatic N) is 5. The van der Waals surface area contributed by atoms with Crippen LogP contribution in [0.25, 0.3) is 11.2 Å². The first-order valence-corrected chi connectivity index (χ1v) is 8.53. The number of rotatable bonds is 3. The maximum atomic E-state index is 5.75. The molecule has 5 rings (SSSR count). The molecule has 1 unspecified atom stereocenters. The summed E-state index contributed by atoms with van der Waals surface area (Å²) < 4.78 is 7.84. The lowest BCUT2D eigenvalue weighted by atomic mass is 10.2. The summed E-state index contributed by atoms with van der Waals surface area (Å²) in [6.07, 6.45) is 7.07. The van der Waals surface area contributed by atoms with E-state index < -0.39 is 0 Å². The average Bonchev–Trinajstić information content (AvgIpc) is 3.35. The van der Waals surface area contributed by atoms with Crippen LogP contribution in [0.2, 0.25) is 0 Å². The molecular weight excluding hydrogens is 302 g/mol. The Bertz CT molecular complexity index is 884. The lowest BCUT2D eigenvalue weighted by Crippen LogP contribution is -2.16. The third-order valence-electron chi connectivity index (χ3n) is 4.95. The van der Waals surface area contributed by atoms with Crippen LogP contribution in [0.3, 0.4) is 0 Å². The molecule has 0 N–H and O–H groups in total. The van der Waals surface area contributed by atoms with Crippen LogP contribution in [0.4, 0.5) is 11.5 Å². The van der Waals surface area contributed by atoms with Gasteiger partial charge in [-0.15, -0.1) is 0 Å². The highest BCUT2D eigenvalue weighted by atomic mass is 16.5. The molecule has 0 aliphatic carbocycles. The largest absolute Gasteiger partial charge is 0.376 e. The van der Waals surface area contributed by atoms with E-state index >= 15 is 0 Å². The van der Waals surface area contributed by atoms with Crippen LogP contribution in [0, 0.1) is 0 Å². The Balaban J connectivity index is 1.54. The van der Waals surface area contributed by atoms with Crippen molar-refractivity contribution < 1.29 is 4.74 Å². The van der Waals surface area contributed by atoms with Gasteiger partial charge in [0.15, 0.2) is 17.0 Å². The highest BCUT2D eigenvalue weighted by molar-refractivity contribution is 5.87. The molecule has 6 heteroatoms. The number of ether oxygens (including phenoxy) is 1. The van der Waals surface area contributed by atoms with E-state index in [9.17, 15) is 0 Å². The molecule has 1 aromatic carbocycles. The summed E-state index contributed by atoms with van der Waals surface area (Å²) in [5.41, 5.74) is 4.35. The Morgan fingerprint density at radius 1 is 1.17 bits per heavy atom. The lowest BCUT2D eigenvalue weighted by molar-refractivity contribution is 0.0978. The van der Waals surface area contributed by atoms with E-state index in [2.05, 4.69) is 48.7 Å². The lowest BCUT2D eigenvalue weighted by Gasteiger charge is -2.18. The summed E-state index contributed by atoms with van der Waals surface area (Å²) in [6.45, 7) is 2.61. The smallest absolute Gasteiger partial charge is 0.165 e. The van der Waals surface area contributed by atoms with Gasteiger partial charge >= 0.3 is 0 Å².